The van der Waals surface area contributed by atoms with Crippen molar-refractivity contribution in [2.75, 3.05) is 13.2 Å². The average molecular weight is 614 g/mol. The van der Waals surface area contributed by atoms with Gasteiger partial charge in [0, 0.05) is 22.1 Å². The highest BCUT2D eigenvalue weighted by Crippen LogP contribution is 2.48. The van der Waals surface area contributed by atoms with Gasteiger partial charge in [-0.05, 0) is 44.9 Å². The third-order valence-electron chi connectivity index (χ3n) is 8.16. The van der Waals surface area contributed by atoms with Crippen LogP contribution in [0.25, 0.3) is 22.2 Å². The Kier molecular flexibility index (Phi) is 6.70. The molecule has 3 heterocycles. The summed E-state index contributed by atoms with van der Waals surface area (Å²) in [5.74, 6) is -1.61. The lowest BCUT2D eigenvalue weighted by atomic mass is 9.81. The second-order valence-corrected chi connectivity index (χ2v) is 11.7. The Balaban J connectivity index is 1.41. The number of aryl methyl sites for hydroxylation is 1. The number of hydrogen-bond acceptors (Lipinski definition) is 6. The van der Waals surface area contributed by atoms with Gasteiger partial charge in [0.2, 0.25) is 11.5 Å². The number of rotatable bonds is 7. The molecule has 224 valence electrons. The highest BCUT2D eigenvalue weighted by Gasteiger charge is 2.57. The van der Waals surface area contributed by atoms with Crippen LogP contribution in [0.1, 0.15) is 53.0 Å². The first kappa shape index (κ1) is 28.9. The molecule has 2 aliphatic rings. The third-order valence-corrected chi connectivity index (χ3v) is 8.47. The number of nitrogens with one attached hydrogen (secondary N) is 1. The molecular weight excluding hydrogens is 587 g/mol. The molecule has 4 N–H and O–H groups in total. The summed E-state index contributed by atoms with van der Waals surface area (Å²) in [7, 11) is 0. The lowest BCUT2D eigenvalue weighted by Gasteiger charge is -2.31. The van der Waals surface area contributed by atoms with Gasteiger partial charge in [-0.25, -0.2) is 4.98 Å². The van der Waals surface area contributed by atoms with Gasteiger partial charge in [0.05, 0.1) is 35.0 Å². The van der Waals surface area contributed by atoms with Gasteiger partial charge < -0.3 is 20.9 Å². The molecule has 0 bridgehead atoms. The highest BCUT2D eigenvalue weighted by atomic mass is 35.5. The number of amides is 2. The number of aliphatic hydroxyl groups is 1. The number of alkyl halides is 3. The van der Waals surface area contributed by atoms with Gasteiger partial charge in [0.25, 0.3) is 5.91 Å². The van der Waals surface area contributed by atoms with Crippen molar-refractivity contribution in [3.63, 3.8) is 0 Å². The fraction of sp³-hybridized carbons (Fsp3) is 0.333. The minimum atomic E-state index is -5.29. The molecule has 13 heteroatoms. The molecule has 0 radical (unpaired) electrons. The van der Waals surface area contributed by atoms with Crippen LogP contribution in [0.2, 0.25) is 5.02 Å². The number of primary amides is 1. The number of fused-ring (bicyclic) bond motifs is 2. The summed E-state index contributed by atoms with van der Waals surface area (Å²) in [6, 6.07) is 10.8. The molecule has 2 aromatic heterocycles. The lowest BCUT2D eigenvalue weighted by molar-refractivity contribution is -0.265. The zero-order valence-corrected chi connectivity index (χ0v) is 23.9. The second kappa shape index (κ2) is 9.95. The van der Waals surface area contributed by atoms with Crippen LogP contribution in [-0.4, -0.2) is 51.0 Å². The van der Waals surface area contributed by atoms with E-state index in [0.29, 0.717) is 16.5 Å². The molecule has 0 spiro atoms. The van der Waals surface area contributed by atoms with E-state index in [2.05, 4.69) is 15.4 Å². The topological polar surface area (TPSA) is 132 Å². The van der Waals surface area contributed by atoms with Crippen LogP contribution in [0.5, 0.6) is 5.75 Å². The number of halogens is 4. The Bertz CT molecular complexity index is 1790. The maximum absolute atomic E-state index is 14.7. The molecule has 1 fully saturated rings. The first-order valence-electron chi connectivity index (χ1n) is 13.5. The van der Waals surface area contributed by atoms with Crippen LogP contribution in [0.3, 0.4) is 0 Å². The Hall–Kier alpha value is -4.16. The largest absolute Gasteiger partial charge is 0.489 e. The van der Waals surface area contributed by atoms with E-state index in [1.807, 2.05) is 6.92 Å². The molecule has 4 aromatic rings. The molecule has 6 rings (SSSR count). The first-order chi connectivity index (χ1) is 20.2. The fourth-order valence-electron chi connectivity index (χ4n) is 5.20. The molecule has 0 saturated heterocycles. The molecule has 2 aromatic carbocycles. The van der Waals surface area contributed by atoms with E-state index in [1.54, 1.807) is 35.1 Å². The summed E-state index contributed by atoms with van der Waals surface area (Å²) < 4.78 is 51.6. The van der Waals surface area contributed by atoms with Crippen LogP contribution < -0.4 is 15.8 Å². The predicted molar refractivity (Wildman–Crippen MR) is 152 cm³/mol. The average Bonchev–Trinajstić information content (AvgIpc) is 3.61. The number of ether oxygens (including phenoxy) is 1. The highest BCUT2D eigenvalue weighted by molar-refractivity contribution is 6.35. The number of benzene rings is 2. The van der Waals surface area contributed by atoms with Crippen molar-refractivity contribution < 1.29 is 32.6 Å². The molecular formula is C30H27ClF3N5O4. The van der Waals surface area contributed by atoms with Crippen LogP contribution >= 0.6 is 11.6 Å². The number of carbonyl (C=O) groups excluding carboxylic acids is 2. The minimum absolute atomic E-state index is 0.00128. The smallest absolute Gasteiger partial charge is 0.424 e. The summed E-state index contributed by atoms with van der Waals surface area (Å²) in [5.41, 5.74) is 1.62. The van der Waals surface area contributed by atoms with Crippen LogP contribution in [0, 0.1) is 6.92 Å². The summed E-state index contributed by atoms with van der Waals surface area (Å²) in [6.45, 7) is 1.79. The van der Waals surface area contributed by atoms with Gasteiger partial charge >= 0.3 is 6.18 Å². The van der Waals surface area contributed by atoms with Crippen LogP contribution in [0.15, 0.2) is 48.7 Å². The molecule has 1 aliphatic carbocycles. The van der Waals surface area contributed by atoms with Crippen LogP contribution in [-0.2, 0) is 15.8 Å². The summed E-state index contributed by atoms with van der Waals surface area (Å²) in [5, 5.41) is 18.7. The minimum Gasteiger partial charge on any atom is -0.489 e. The Morgan fingerprint density at radius 3 is 2.53 bits per heavy atom. The Morgan fingerprint density at radius 1 is 1.21 bits per heavy atom. The quantitative estimate of drug-likeness (QED) is 0.277. The van der Waals surface area contributed by atoms with E-state index in [1.165, 1.54) is 19.1 Å². The number of carbonyl (C=O) groups is 2. The number of nitrogens with two attached hydrogens (primary N) is 1. The molecule has 2 amide bonds. The normalized spacial score (nSPS) is 19.5. The van der Waals surface area contributed by atoms with E-state index < -0.39 is 41.2 Å². The SMILES string of the molecule is Cc1ccc(-c2nc([C@@](O)(CNC(=O)c3cc(Cl)c4cnn(C5CC5)c4c3)C(F)(F)F)cc3c2OC[C@]3(C)C(N)=O)cc1. The van der Waals surface area contributed by atoms with Gasteiger partial charge in [-0.2, -0.15) is 18.3 Å². The van der Waals surface area contributed by atoms with Crippen molar-refractivity contribution in [2.24, 2.45) is 5.73 Å². The maximum Gasteiger partial charge on any atom is 0.424 e. The molecule has 0 unspecified atom stereocenters. The number of hydrogen-bond donors (Lipinski definition) is 3. The lowest BCUT2D eigenvalue weighted by Crippen LogP contribution is -2.51. The van der Waals surface area contributed by atoms with E-state index in [9.17, 15) is 27.9 Å². The van der Waals surface area contributed by atoms with E-state index >= 15 is 0 Å². The molecule has 43 heavy (non-hydrogen) atoms. The third kappa shape index (κ3) is 4.78. The van der Waals surface area contributed by atoms with Crippen molar-refractivity contribution in [1.29, 1.82) is 0 Å². The van der Waals surface area contributed by atoms with E-state index in [-0.39, 0.29) is 40.2 Å². The zero-order chi connectivity index (χ0) is 30.9. The number of pyridine rings is 1. The van der Waals surface area contributed by atoms with Gasteiger partial charge in [-0.3, -0.25) is 14.3 Å². The zero-order valence-electron chi connectivity index (χ0n) is 23.1. The Labute approximate surface area is 248 Å². The van der Waals surface area contributed by atoms with Crippen LogP contribution in [0.4, 0.5) is 13.2 Å². The van der Waals surface area contributed by atoms with E-state index in [0.717, 1.165) is 24.5 Å². The molecule has 1 aliphatic heterocycles. The van der Waals surface area contributed by atoms with Gasteiger partial charge in [-0.1, -0.05) is 41.4 Å². The van der Waals surface area contributed by atoms with Gasteiger partial charge in [0.1, 0.15) is 23.5 Å². The Morgan fingerprint density at radius 2 is 1.91 bits per heavy atom. The predicted octanol–water partition coefficient (Wildman–Crippen LogP) is 4.71. The van der Waals surface area contributed by atoms with Crippen molar-refractivity contribution in [3.05, 3.63) is 76.1 Å². The fourth-order valence-corrected chi connectivity index (χ4v) is 5.46. The molecule has 2 atom stereocenters. The molecule has 9 nitrogen and oxygen atoms in total. The summed E-state index contributed by atoms with van der Waals surface area (Å²) in [6.07, 6.45) is -1.88. The summed E-state index contributed by atoms with van der Waals surface area (Å²) >= 11 is 6.37. The maximum atomic E-state index is 14.7. The van der Waals surface area contributed by atoms with E-state index in [4.69, 9.17) is 22.1 Å². The van der Waals surface area contributed by atoms with Crippen molar-refractivity contribution >= 4 is 34.3 Å². The van der Waals surface area contributed by atoms with Crippen molar-refractivity contribution in [3.8, 4) is 17.0 Å². The number of aromatic nitrogens is 3. The first-order valence-corrected chi connectivity index (χ1v) is 13.9. The van der Waals surface area contributed by atoms with Gasteiger partial charge in [-0.15, -0.1) is 0 Å². The monoisotopic (exact) mass is 613 g/mol. The second-order valence-electron chi connectivity index (χ2n) is 11.3. The van der Waals surface area contributed by atoms with Crippen molar-refractivity contribution in [1.82, 2.24) is 20.1 Å². The molecule has 1 saturated carbocycles. The van der Waals surface area contributed by atoms with Gasteiger partial charge in [0.15, 0.2) is 0 Å². The van der Waals surface area contributed by atoms with Crippen molar-refractivity contribution in [2.45, 2.75) is 49.9 Å². The standard InChI is InChI=1S/C30H27ClF3N5O4/c1-15-3-5-16(6-4-15)24-25-20(28(2,14-43-25)27(35)41)11-23(38-24)29(42,30(32,33)34)13-36-26(40)17-9-21(31)19-12-37-39(18-7-8-18)22(19)10-17/h3-6,9-12,18,42H,7-8,13-14H2,1-2H3,(H2,35,41)(H,36,40)/t28-,29-/m0/s1. The summed E-state index contributed by atoms with van der Waals surface area (Å²) in [4.78, 5) is 29.8. The number of nitrogens with zero attached hydrogens (tertiary/aromatic N) is 3.